The van der Waals surface area contributed by atoms with Crippen LogP contribution in [0, 0.1) is 11.6 Å². The van der Waals surface area contributed by atoms with E-state index in [9.17, 15) is 13.6 Å². The molecule has 1 unspecified atom stereocenters. The molecule has 1 saturated heterocycles. The maximum Gasteiger partial charge on any atom is 0.254 e. The minimum atomic E-state index is -0.642. The van der Waals surface area contributed by atoms with Gasteiger partial charge in [-0.2, -0.15) is 0 Å². The summed E-state index contributed by atoms with van der Waals surface area (Å²) >= 11 is 3.33. The van der Waals surface area contributed by atoms with Gasteiger partial charge in [-0.15, -0.1) is 0 Å². The fourth-order valence-electron chi connectivity index (χ4n) is 3.36. The second-order valence-electron chi connectivity index (χ2n) is 6.84. The largest absolute Gasteiger partial charge is 0.472 e. The van der Waals surface area contributed by atoms with Crippen LogP contribution in [0.2, 0.25) is 0 Å². The summed E-state index contributed by atoms with van der Waals surface area (Å²) in [5, 5.41) is 0. The maximum atomic E-state index is 14.6. The van der Waals surface area contributed by atoms with Crippen molar-refractivity contribution >= 4 is 21.8 Å². The van der Waals surface area contributed by atoms with Gasteiger partial charge in [0, 0.05) is 23.3 Å². The first-order chi connectivity index (χ1) is 14.5. The lowest BCUT2D eigenvalue weighted by molar-refractivity contribution is 0.0528. The molecule has 2 aromatic heterocycles. The summed E-state index contributed by atoms with van der Waals surface area (Å²) in [4.78, 5) is 26.7. The summed E-state index contributed by atoms with van der Waals surface area (Å²) < 4.78 is 34.5. The van der Waals surface area contributed by atoms with E-state index in [-0.39, 0.29) is 29.0 Å². The summed E-state index contributed by atoms with van der Waals surface area (Å²) in [7, 11) is 0. The average Bonchev–Trinajstić information content (AvgIpc) is 2.76. The fourth-order valence-corrected chi connectivity index (χ4v) is 3.60. The van der Waals surface area contributed by atoms with Crippen molar-refractivity contribution < 1.29 is 18.3 Å². The number of aromatic nitrogens is 3. The molecule has 1 aliphatic heterocycles. The van der Waals surface area contributed by atoms with Crippen LogP contribution in [0.3, 0.4) is 0 Å². The number of hydrogen-bond donors (Lipinski definition) is 0. The number of hydrogen-bond acceptors (Lipinski definition) is 5. The Labute approximate surface area is 180 Å². The number of pyridine rings is 1. The zero-order valence-electron chi connectivity index (χ0n) is 15.8. The van der Waals surface area contributed by atoms with E-state index < -0.39 is 11.6 Å². The highest BCUT2D eigenvalue weighted by Gasteiger charge is 2.29. The van der Waals surface area contributed by atoms with E-state index in [0.717, 1.165) is 29.7 Å². The number of piperidine rings is 1. The quantitative estimate of drug-likeness (QED) is 0.564. The van der Waals surface area contributed by atoms with E-state index in [1.165, 1.54) is 18.2 Å². The third kappa shape index (κ3) is 4.46. The molecule has 154 valence electrons. The highest BCUT2D eigenvalue weighted by atomic mass is 79.9. The number of carbonyl (C=O) groups is 1. The molecule has 1 amide bonds. The summed E-state index contributed by atoms with van der Waals surface area (Å²) in [6, 6.07) is 7.78. The van der Waals surface area contributed by atoms with Gasteiger partial charge in [-0.25, -0.2) is 23.7 Å². The van der Waals surface area contributed by atoms with Crippen molar-refractivity contribution in [2.45, 2.75) is 18.9 Å². The van der Waals surface area contributed by atoms with Gasteiger partial charge in [0.25, 0.3) is 5.91 Å². The molecule has 0 bridgehead atoms. The molecule has 0 saturated carbocycles. The van der Waals surface area contributed by atoms with Crippen molar-refractivity contribution in [2.24, 2.45) is 0 Å². The number of ether oxygens (including phenoxy) is 1. The van der Waals surface area contributed by atoms with Crippen LogP contribution in [0.25, 0.3) is 11.4 Å². The Hall–Kier alpha value is -2.94. The van der Waals surface area contributed by atoms with E-state index in [1.54, 1.807) is 17.2 Å². The minimum Gasteiger partial charge on any atom is -0.472 e. The number of carbonyl (C=O) groups excluding carboxylic acids is 1. The highest BCUT2D eigenvalue weighted by Crippen LogP contribution is 2.27. The Morgan fingerprint density at radius 1 is 1.10 bits per heavy atom. The molecule has 1 aromatic carbocycles. The number of amides is 1. The van der Waals surface area contributed by atoms with E-state index in [2.05, 4.69) is 30.9 Å². The van der Waals surface area contributed by atoms with Crippen molar-refractivity contribution in [3.8, 4) is 17.3 Å². The van der Waals surface area contributed by atoms with Crippen molar-refractivity contribution in [3.05, 3.63) is 70.6 Å². The molecule has 0 N–H and O–H groups in total. The molecular weight excluding hydrogens is 458 g/mol. The normalized spacial score (nSPS) is 16.4. The van der Waals surface area contributed by atoms with Crippen molar-refractivity contribution in [2.75, 3.05) is 13.1 Å². The minimum absolute atomic E-state index is 0.0401. The Kier molecular flexibility index (Phi) is 5.98. The van der Waals surface area contributed by atoms with Gasteiger partial charge < -0.3 is 9.64 Å². The third-order valence-corrected chi connectivity index (χ3v) is 5.21. The van der Waals surface area contributed by atoms with E-state index in [1.807, 2.05) is 6.07 Å². The lowest BCUT2D eigenvalue weighted by Crippen LogP contribution is -2.44. The number of benzene rings is 1. The zero-order valence-corrected chi connectivity index (χ0v) is 17.3. The molecule has 0 radical (unpaired) electrons. The number of nitrogens with zero attached hydrogens (tertiary/aromatic N) is 4. The summed E-state index contributed by atoms with van der Waals surface area (Å²) in [5.41, 5.74) is 0.0872. The smallest absolute Gasteiger partial charge is 0.254 e. The monoisotopic (exact) mass is 474 g/mol. The van der Waals surface area contributed by atoms with Crippen LogP contribution in [0.4, 0.5) is 8.78 Å². The molecule has 0 aliphatic carbocycles. The van der Waals surface area contributed by atoms with Crippen LogP contribution < -0.4 is 4.74 Å². The third-order valence-electron chi connectivity index (χ3n) is 4.74. The molecule has 3 heterocycles. The van der Waals surface area contributed by atoms with Crippen LogP contribution in [0.15, 0.2) is 53.4 Å². The number of halogens is 3. The van der Waals surface area contributed by atoms with Gasteiger partial charge in [-0.05, 0) is 47.0 Å². The first-order valence-electron chi connectivity index (χ1n) is 9.35. The second-order valence-corrected chi connectivity index (χ2v) is 7.75. The van der Waals surface area contributed by atoms with Gasteiger partial charge in [0.05, 0.1) is 30.1 Å². The van der Waals surface area contributed by atoms with Crippen molar-refractivity contribution in [1.29, 1.82) is 0 Å². The maximum absolute atomic E-state index is 14.6. The lowest BCUT2D eigenvalue weighted by atomic mass is 10.0. The van der Waals surface area contributed by atoms with E-state index in [4.69, 9.17) is 4.74 Å². The van der Waals surface area contributed by atoms with Gasteiger partial charge in [-0.1, -0.05) is 6.07 Å². The molecule has 30 heavy (non-hydrogen) atoms. The second kappa shape index (κ2) is 8.83. The molecular formula is C21H17BrF2N4O2. The lowest BCUT2D eigenvalue weighted by Gasteiger charge is -2.33. The van der Waals surface area contributed by atoms with Gasteiger partial charge >= 0.3 is 0 Å². The van der Waals surface area contributed by atoms with Crippen LogP contribution >= 0.6 is 15.9 Å². The van der Waals surface area contributed by atoms with Gasteiger partial charge in [0.2, 0.25) is 5.88 Å². The van der Waals surface area contributed by atoms with Gasteiger partial charge in [0.15, 0.2) is 11.6 Å². The highest BCUT2D eigenvalue weighted by molar-refractivity contribution is 9.10. The Morgan fingerprint density at radius 2 is 1.90 bits per heavy atom. The summed E-state index contributed by atoms with van der Waals surface area (Å²) in [6.07, 6.45) is 4.82. The summed E-state index contributed by atoms with van der Waals surface area (Å²) in [5.74, 6) is -1.20. The fraction of sp³-hybridized carbons (Fsp3) is 0.238. The molecule has 9 heteroatoms. The predicted octanol–water partition coefficient (Wildman–Crippen LogP) is 4.26. The molecule has 0 spiro atoms. The molecule has 3 aromatic rings. The molecule has 1 aliphatic rings. The van der Waals surface area contributed by atoms with Crippen molar-refractivity contribution in [1.82, 2.24) is 19.9 Å². The predicted molar refractivity (Wildman–Crippen MR) is 109 cm³/mol. The zero-order chi connectivity index (χ0) is 21.1. The topological polar surface area (TPSA) is 68.2 Å². The molecule has 6 nitrogen and oxygen atoms in total. The van der Waals surface area contributed by atoms with Crippen LogP contribution in [-0.2, 0) is 0 Å². The Morgan fingerprint density at radius 3 is 2.63 bits per heavy atom. The number of likely N-dealkylation sites (tertiary alicyclic amines) is 1. The standard InChI is InChI=1S/C21H17BrF2N4O2/c22-13-6-7-18(25-9-13)30-15-3-2-8-28(12-15)21(29)16-4-1-5-17(24)19(16)20-26-10-14(23)11-27-20/h1,4-7,9-11,15H,2-3,8,12H2. The Balaban J connectivity index is 1.56. The van der Waals surface area contributed by atoms with Gasteiger partial charge in [-0.3, -0.25) is 4.79 Å². The first-order valence-corrected chi connectivity index (χ1v) is 10.1. The van der Waals surface area contributed by atoms with Crippen LogP contribution in [0.5, 0.6) is 5.88 Å². The average molecular weight is 475 g/mol. The van der Waals surface area contributed by atoms with Crippen molar-refractivity contribution in [3.63, 3.8) is 0 Å². The van der Waals surface area contributed by atoms with Crippen LogP contribution in [-0.4, -0.2) is 45.0 Å². The van der Waals surface area contributed by atoms with Gasteiger partial charge in [0.1, 0.15) is 11.9 Å². The van der Waals surface area contributed by atoms with E-state index in [0.29, 0.717) is 19.0 Å². The summed E-state index contributed by atoms with van der Waals surface area (Å²) in [6.45, 7) is 0.865. The van der Waals surface area contributed by atoms with Crippen LogP contribution in [0.1, 0.15) is 23.2 Å². The van der Waals surface area contributed by atoms with E-state index >= 15 is 0 Å². The molecule has 4 rings (SSSR count). The molecule has 1 atom stereocenters. The first kappa shape index (κ1) is 20.3. The Bertz CT molecular complexity index is 1050. The molecule has 1 fully saturated rings. The number of rotatable bonds is 4. The SMILES string of the molecule is O=C(c1cccc(F)c1-c1ncc(F)cn1)N1CCCC(Oc2ccc(Br)cn2)C1.